The number of anilines is 2. The summed E-state index contributed by atoms with van der Waals surface area (Å²) in [6.45, 7) is 1.82. The fourth-order valence-corrected chi connectivity index (χ4v) is 8.04. The van der Waals surface area contributed by atoms with Crippen LogP contribution in [-0.2, 0) is 25.4 Å². The molecule has 10 N–H and O–H groups in total. The third kappa shape index (κ3) is 6.06. The lowest BCUT2D eigenvalue weighted by Crippen LogP contribution is -2.62. The Morgan fingerprint density at radius 2 is 1.57 bits per heavy atom. The largest absolute Gasteiger partial charge is 0.507 e. The number of carbonyl (C=O) groups excluding carboxylic acids is 3. The second-order valence-electron chi connectivity index (χ2n) is 14.5. The SMILES string of the molecule is COc1cccc2c1C(=O)c1c(O)c3c(c(O)c1C2=O)C[C@@](O)(C(C)=O)C[C@@H]3O[C@H]1C[C@H](Nc2c(N[C@H]3C(O)O[C@H](CO)[C@@H](O)[C@@H]3O)c(=O)c2=O)[C@H](O)[C@H](C)O1. The quantitative estimate of drug-likeness (QED) is 0.0648. The van der Waals surface area contributed by atoms with E-state index in [1.165, 1.54) is 32.2 Å². The maximum Gasteiger partial charge on any atom is 0.253 e. The number of Topliss-reactive ketones (excluding diaryl/α,β-unsaturated/α-hetero) is 1. The molecule has 19 heteroatoms. The molecule has 0 bridgehead atoms. The Morgan fingerprint density at radius 3 is 2.21 bits per heavy atom. The molecule has 4 aliphatic rings. The van der Waals surface area contributed by atoms with E-state index in [-0.39, 0.29) is 40.1 Å². The van der Waals surface area contributed by atoms with Crippen LogP contribution in [0, 0.1) is 0 Å². The number of ether oxygens (including phenoxy) is 4. The Labute approximate surface area is 316 Å². The number of phenols is 2. The van der Waals surface area contributed by atoms with Gasteiger partial charge in [-0.3, -0.25) is 24.0 Å². The van der Waals surface area contributed by atoms with Gasteiger partial charge in [-0.25, -0.2) is 0 Å². The molecular weight excluding hydrogens is 744 g/mol. The van der Waals surface area contributed by atoms with Crippen molar-refractivity contribution in [3.05, 3.63) is 72.0 Å². The van der Waals surface area contributed by atoms with Crippen molar-refractivity contribution in [1.82, 2.24) is 0 Å². The van der Waals surface area contributed by atoms with Gasteiger partial charge < -0.3 is 70.4 Å². The van der Waals surface area contributed by atoms with E-state index in [0.29, 0.717) is 0 Å². The van der Waals surface area contributed by atoms with E-state index in [0.717, 1.165) is 6.92 Å². The van der Waals surface area contributed by atoms with Crippen molar-refractivity contribution in [3.63, 3.8) is 0 Å². The molecule has 7 rings (SSSR count). The van der Waals surface area contributed by atoms with E-state index in [4.69, 9.17) is 18.9 Å². The van der Waals surface area contributed by atoms with Crippen LogP contribution in [0.1, 0.15) is 75.8 Å². The smallest absolute Gasteiger partial charge is 0.253 e. The Kier molecular flexibility index (Phi) is 10.0. The number of hydrogen-bond acceptors (Lipinski definition) is 19. The molecule has 19 nitrogen and oxygen atoms in total. The number of methoxy groups -OCH3 is 1. The fraction of sp³-hybridized carbons (Fsp3) is 0.486. The number of carbonyl (C=O) groups is 3. The molecule has 2 aliphatic heterocycles. The molecule has 2 fully saturated rings. The van der Waals surface area contributed by atoms with E-state index in [2.05, 4.69) is 10.6 Å². The summed E-state index contributed by atoms with van der Waals surface area (Å²) in [4.78, 5) is 65.9. The van der Waals surface area contributed by atoms with Gasteiger partial charge in [0.25, 0.3) is 10.9 Å². The van der Waals surface area contributed by atoms with Crippen LogP contribution in [0.4, 0.5) is 11.4 Å². The van der Waals surface area contributed by atoms with Gasteiger partial charge in [0.2, 0.25) is 5.78 Å². The number of rotatable bonds is 9. The van der Waals surface area contributed by atoms with Gasteiger partial charge in [0, 0.05) is 36.0 Å². The highest BCUT2D eigenvalue weighted by atomic mass is 16.7. The van der Waals surface area contributed by atoms with E-state index in [1.54, 1.807) is 0 Å². The Bertz CT molecular complexity index is 2200. The number of phenolic OH excluding ortho intramolecular Hbond substituents is 2. The van der Waals surface area contributed by atoms with Gasteiger partial charge in [0.1, 0.15) is 64.7 Å². The molecule has 56 heavy (non-hydrogen) atoms. The monoisotopic (exact) mass is 784 g/mol. The van der Waals surface area contributed by atoms with Crippen LogP contribution in [0.5, 0.6) is 17.2 Å². The molecule has 0 amide bonds. The summed E-state index contributed by atoms with van der Waals surface area (Å²) in [6.07, 6.45) is -13.2. The Morgan fingerprint density at radius 1 is 0.911 bits per heavy atom. The van der Waals surface area contributed by atoms with Crippen LogP contribution < -0.4 is 26.2 Å². The minimum Gasteiger partial charge on any atom is -0.507 e. The zero-order chi connectivity index (χ0) is 40.7. The first kappa shape index (κ1) is 39.4. The molecule has 3 aromatic rings. The molecule has 0 radical (unpaired) electrons. The number of fused-ring (bicyclic) bond motifs is 3. The molecule has 2 saturated heterocycles. The molecule has 0 spiro atoms. The zero-order valence-corrected chi connectivity index (χ0v) is 30.1. The molecule has 0 aromatic heterocycles. The number of hydrogen-bond donors (Lipinski definition) is 10. The number of nitrogens with one attached hydrogen (secondary N) is 2. The highest BCUT2D eigenvalue weighted by molar-refractivity contribution is 6.31. The number of ketones is 3. The Hall–Kier alpha value is -4.83. The lowest BCUT2D eigenvalue weighted by Gasteiger charge is -2.43. The van der Waals surface area contributed by atoms with Gasteiger partial charge in [-0.1, -0.05) is 12.1 Å². The molecule has 3 aromatic carbocycles. The van der Waals surface area contributed by atoms with Crippen molar-refractivity contribution < 1.29 is 74.2 Å². The van der Waals surface area contributed by atoms with Crippen LogP contribution in [-0.4, -0.2) is 133 Å². The molecule has 2 aliphatic carbocycles. The molecular formula is C37H40N2O17. The van der Waals surface area contributed by atoms with E-state index in [1.807, 2.05) is 0 Å². The highest BCUT2D eigenvalue weighted by Crippen LogP contribution is 2.52. The summed E-state index contributed by atoms with van der Waals surface area (Å²) in [7, 11) is 1.29. The van der Waals surface area contributed by atoms with Crippen LogP contribution >= 0.6 is 0 Å². The zero-order valence-electron chi connectivity index (χ0n) is 30.1. The van der Waals surface area contributed by atoms with Crippen LogP contribution in [0.25, 0.3) is 0 Å². The first-order valence-corrected chi connectivity index (χ1v) is 17.7. The van der Waals surface area contributed by atoms with Gasteiger partial charge >= 0.3 is 0 Å². The van der Waals surface area contributed by atoms with Gasteiger partial charge in [-0.2, -0.15) is 0 Å². The molecule has 11 atom stereocenters. The maximum absolute atomic E-state index is 13.9. The van der Waals surface area contributed by atoms with E-state index < -0.39 is 143 Å². The predicted octanol–water partition coefficient (Wildman–Crippen LogP) is -2.01. The van der Waals surface area contributed by atoms with Gasteiger partial charge in [-0.05, 0) is 19.9 Å². The van der Waals surface area contributed by atoms with Crippen LogP contribution in [0.2, 0.25) is 0 Å². The van der Waals surface area contributed by atoms with Crippen molar-refractivity contribution in [2.75, 3.05) is 24.4 Å². The second-order valence-corrected chi connectivity index (χ2v) is 14.5. The lowest BCUT2D eigenvalue weighted by molar-refractivity contribution is -0.245. The van der Waals surface area contributed by atoms with Crippen molar-refractivity contribution in [2.45, 2.75) is 100.0 Å². The first-order chi connectivity index (χ1) is 26.4. The molecule has 2 heterocycles. The molecule has 300 valence electrons. The summed E-state index contributed by atoms with van der Waals surface area (Å²) in [5, 5.41) is 91.9. The normalized spacial score (nSPS) is 32.7. The summed E-state index contributed by atoms with van der Waals surface area (Å²) in [6, 6.07) is 1.63. The average molecular weight is 785 g/mol. The summed E-state index contributed by atoms with van der Waals surface area (Å²) in [5.74, 6) is -3.86. The van der Waals surface area contributed by atoms with Crippen LogP contribution in [0.15, 0.2) is 27.8 Å². The lowest BCUT2D eigenvalue weighted by atomic mass is 9.72. The number of benzene rings is 2. The second kappa shape index (κ2) is 14.3. The average Bonchev–Trinajstić information content (AvgIpc) is 3.16. The number of aliphatic hydroxyl groups is 6. The number of aliphatic hydroxyl groups excluding tert-OH is 5. The standard InChI is InChI=1S/C37H40N2O17/c1-11-27(42)15(38-24-25(34(49)33(24)48)39-26-35(50)30(45)18(10-40)56-36(26)51)7-19(54-11)55-17-9-37(52,12(2)41)8-14-21(17)32(47)23-22(29(14)44)28(43)13-5-4-6-16(53-3)20(13)31(23)46/h4-6,11,15,17-19,26-27,30,35-36,38-40,42,44-45,47,50-52H,7-10H2,1-3H3/t11-,15-,17-,18+,19-,26+,27+,30+,35+,36?,37-/m0/s1. The van der Waals surface area contributed by atoms with E-state index in [9.17, 15) is 64.8 Å². The topological polar surface area (TPSA) is 308 Å². The minimum atomic E-state index is -2.19. The third-order valence-electron chi connectivity index (χ3n) is 11.2. The summed E-state index contributed by atoms with van der Waals surface area (Å²) >= 11 is 0. The van der Waals surface area contributed by atoms with Gasteiger partial charge in [-0.15, -0.1) is 0 Å². The summed E-state index contributed by atoms with van der Waals surface area (Å²) < 4.78 is 22.6. The maximum atomic E-state index is 13.9. The molecule has 0 saturated carbocycles. The molecule has 1 unspecified atom stereocenters. The summed E-state index contributed by atoms with van der Waals surface area (Å²) in [5.41, 5.74) is -6.80. The third-order valence-corrected chi connectivity index (χ3v) is 11.2. The van der Waals surface area contributed by atoms with Gasteiger partial charge in [0.15, 0.2) is 24.1 Å². The van der Waals surface area contributed by atoms with Gasteiger partial charge in [0.05, 0.1) is 48.7 Å². The Balaban J connectivity index is 1.20. The van der Waals surface area contributed by atoms with Crippen molar-refractivity contribution in [1.29, 1.82) is 0 Å². The number of aromatic hydroxyl groups is 2. The fourth-order valence-electron chi connectivity index (χ4n) is 8.04. The highest BCUT2D eigenvalue weighted by Gasteiger charge is 2.50. The van der Waals surface area contributed by atoms with Crippen molar-refractivity contribution in [2.24, 2.45) is 0 Å². The van der Waals surface area contributed by atoms with Crippen molar-refractivity contribution >= 4 is 28.7 Å². The predicted molar refractivity (Wildman–Crippen MR) is 189 cm³/mol. The van der Waals surface area contributed by atoms with E-state index >= 15 is 0 Å². The minimum absolute atomic E-state index is 0.0380. The first-order valence-electron chi connectivity index (χ1n) is 17.7. The van der Waals surface area contributed by atoms with Crippen molar-refractivity contribution in [3.8, 4) is 17.2 Å². The van der Waals surface area contributed by atoms with Crippen LogP contribution in [0.3, 0.4) is 0 Å².